The highest BCUT2D eigenvalue weighted by Gasteiger charge is 2.11. The molecule has 23 heavy (non-hydrogen) atoms. The van der Waals surface area contributed by atoms with Crippen LogP contribution in [-0.4, -0.2) is 0 Å². The first-order valence-electron chi connectivity index (χ1n) is 8.19. The third kappa shape index (κ3) is 3.27. The molecule has 0 fully saturated rings. The lowest BCUT2D eigenvalue weighted by Crippen LogP contribution is -1.94. The summed E-state index contributed by atoms with van der Waals surface area (Å²) in [6, 6.07) is 17.3. The summed E-state index contributed by atoms with van der Waals surface area (Å²) in [5, 5.41) is 0. The zero-order valence-electron chi connectivity index (χ0n) is 13.6. The molecule has 0 amide bonds. The van der Waals surface area contributed by atoms with E-state index in [0.29, 0.717) is 0 Å². The van der Waals surface area contributed by atoms with Crippen LogP contribution in [0.25, 0.3) is 22.3 Å². The van der Waals surface area contributed by atoms with E-state index in [-0.39, 0.29) is 0 Å². The molecule has 0 aliphatic heterocycles. The van der Waals surface area contributed by atoms with Crippen molar-refractivity contribution in [1.82, 2.24) is 0 Å². The zero-order valence-corrected chi connectivity index (χ0v) is 13.6. The van der Waals surface area contributed by atoms with Crippen LogP contribution >= 0.6 is 0 Å². The summed E-state index contributed by atoms with van der Waals surface area (Å²) >= 11 is 0. The molecule has 0 nitrogen and oxygen atoms in total. The van der Waals surface area contributed by atoms with Crippen LogP contribution in [0.2, 0.25) is 0 Å². The maximum absolute atomic E-state index is 3.97. The van der Waals surface area contributed by atoms with Gasteiger partial charge in [0.05, 0.1) is 0 Å². The molecular formula is C23H22. The minimum absolute atomic E-state index is 1.11. The Morgan fingerprint density at radius 1 is 1.00 bits per heavy atom. The van der Waals surface area contributed by atoms with Crippen LogP contribution in [0.15, 0.2) is 85.5 Å². The van der Waals surface area contributed by atoms with E-state index in [0.717, 1.165) is 12.8 Å². The second kappa shape index (κ2) is 7.11. The van der Waals surface area contributed by atoms with E-state index < -0.39 is 0 Å². The van der Waals surface area contributed by atoms with Crippen molar-refractivity contribution in [3.05, 3.63) is 96.6 Å². The van der Waals surface area contributed by atoms with Crippen LogP contribution in [0.3, 0.4) is 0 Å². The van der Waals surface area contributed by atoms with Gasteiger partial charge >= 0.3 is 0 Å². The van der Waals surface area contributed by atoms with E-state index in [1.165, 1.54) is 33.4 Å². The van der Waals surface area contributed by atoms with Crippen LogP contribution in [0.1, 0.15) is 30.9 Å². The van der Waals surface area contributed by atoms with Gasteiger partial charge in [-0.2, -0.15) is 0 Å². The molecule has 2 aromatic carbocycles. The maximum Gasteiger partial charge on any atom is -0.0103 e. The smallest absolute Gasteiger partial charge is 0.0103 e. The Hall–Kier alpha value is -2.60. The molecular weight excluding hydrogens is 276 g/mol. The molecule has 0 bridgehead atoms. The number of benzene rings is 2. The average molecular weight is 298 g/mol. The van der Waals surface area contributed by atoms with Gasteiger partial charge in [-0.25, -0.2) is 0 Å². The summed E-state index contributed by atoms with van der Waals surface area (Å²) in [7, 11) is 0. The molecule has 0 atom stereocenters. The molecule has 1 aliphatic rings. The lowest BCUT2D eigenvalue weighted by molar-refractivity contribution is 1.04. The van der Waals surface area contributed by atoms with Gasteiger partial charge in [0.1, 0.15) is 0 Å². The van der Waals surface area contributed by atoms with Crippen LogP contribution < -0.4 is 0 Å². The predicted octanol–water partition coefficient (Wildman–Crippen LogP) is 6.68. The highest BCUT2D eigenvalue weighted by Crippen LogP contribution is 2.33. The number of hydrogen-bond acceptors (Lipinski definition) is 0. The van der Waals surface area contributed by atoms with E-state index in [1.807, 2.05) is 6.08 Å². The highest BCUT2D eigenvalue weighted by atomic mass is 14.2. The van der Waals surface area contributed by atoms with E-state index in [9.17, 15) is 0 Å². The predicted molar refractivity (Wildman–Crippen MR) is 102 cm³/mol. The molecule has 3 rings (SSSR count). The van der Waals surface area contributed by atoms with Gasteiger partial charge in [-0.1, -0.05) is 79.4 Å². The van der Waals surface area contributed by atoms with Crippen molar-refractivity contribution in [2.45, 2.75) is 19.8 Å². The molecule has 0 unspecified atom stereocenters. The molecule has 0 heteroatoms. The summed E-state index contributed by atoms with van der Waals surface area (Å²) < 4.78 is 0. The lowest BCUT2D eigenvalue weighted by atomic mass is 9.89. The SMILES string of the molecule is C=C/C(=C\C)c1ccc(-c2ccccc2)cc1C1=CCCC=C1. The Balaban J connectivity index is 2.17. The molecule has 0 spiro atoms. The van der Waals surface area contributed by atoms with Crippen LogP contribution in [0.5, 0.6) is 0 Å². The van der Waals surface area contributed by atoms with Crippen molar-refractivity contribution >= 4 is 11.1 Å². The third-order valence-corrected chi connectivity index (χ3v) is 4.27. The van der Waals surface area contributed by atoms with Crippen LogP contribution in [0.4, 0.5) is 0 Å². The summed E-state index contributed by atoms with van der Waals surface area (Å²) in [6.07, 6.45) is 13.2. The molecule has 0 saturated heterocycles. The quantitative estimate of drug-likeness (QED) is 0.552. The number of rotatable bonds is 4. The topological polar surface area (TPSA) is 0 Å². The minimum Gasteiger partial charge on any atom is -0.0985 e. The Morgan fingerprint density at radius 2 is 1.83 bits per heavy atom. The summed E-state index contributed by atoms with van der Waals surface area (Å²) in [5.74, 6) is 0. The van der Waals surface area contributed by atoms with E-state index in [2.05, 4.69) is 86.3 Å². The lowest BCUT2D eigenvalue weighted by Gasteiger charge is -2.16. The van der Waals surface area contributed by atoms with Crippen molar-refractivity contribution in [3.63, 3.8) is 0 Å². The van der Waals surface area contributed by atoms with Crippen LogP contribution in [-0.2, 0) is 0 Å². The first-order valence-corrected chi connectivity index (χ1v) is 8.19. The summed E-state index contributed by atoms with van der Waals surface area (Å²) in [4.78, 5) is 0. The third-order valence-electron chi connectivity index (χ3n) is 4.27. The van der Waals surface area contributed by atoms with Gasteiger partial charge in [0.2, 0.25) is 0 Å². The number of hydrogen-bond donors (Lipinski definition) is 0. The van der Waals surface area contributed by atoms with Gasteiger partial charge in [0.15, 0.2) is 0 Å². The minimum atomic E-state index is 1.11. The highest BCUT2D eigenvalue weighted by molar-refractivity contribution is 5.89. The van der Waals surface area contributed by atoms with Gasteiger partial charge < -0.3 is 0 Å². The standard InChI is InChI=1S/C23H22/c1-3-18(4-2)22-16-15-21(19-11-7-5-8-12-19)17-23(22)20-13-9-6-10-14-20/h3-5,7-9,11-17H,1,6,10H2,2H3/b18-4+. The van der Waals surface area contributed by atoms with Gasteiger partial charge in [-0.15, -0.1) is 0 Å². The molecule has 114 valence electrons. The fourth-order valence-corrected chi connectivity index (χ4v) is 3.04. The van der Waals surface area contributed by atoms with Gasteiger partial charge in [-0.3, -0.25) is 0 Å². The summed E-state index contributed by atoms with van der Waals surface area (Å²) in [6.45, 7) is 6.04. The van der Waals surface area contributed by atoms with Crippen molar-refractivity contribution in [2.24, 2.45) is 0 Å². The molecule has 0 aromatic heterocycles. The Bertz CT molecular complexity index is 786. The fraction of sp³-hybridized carbons (Fsp3) is 0.130. The van der Waals surface area contributed by atoms with E-state index in [4.69, 9.17) is 0 Å². The summed E-state index contributed by atoms with van der Waals surface area (Å²) in [5.41, 5.74) is 7.53. The van der Waals surface area contributed by atoms with Gasteiger partial charge in [0.25, 0.3) is 0 Å². The maximum atomic E-state index is 3.97. The van der Waals surface area contributed by atoms with Crippen LogP contribution in [0, 0.1) is 0 Å². The van der Waals surface area contributed by atoms with Crippen molar-refractivity contribution in [1.29, 1.82) is 0 Å². The molecule has 2 aromatic rings. The largest absolute Gasteiger partial charge is 0.0985 e. The molecule has 1 aliphatic carbocycles. The van der Waals surface area contributed by atoms with Gasteiger partial charge in [0, 0.05) is 0 Å². The first-order chi connectivity index (χ1) is 11.3. The monoisotopic (exact) mass is 298 g/mol. The zero-order chi connectivity index (χ0) is 16.1. The Morgan fingerprint density at radius 3 is 2.48 bits per heavy atom. The fourth-order valence-electron chi connectivity index (χ4n) is 3.04. The molecule has 0 heterocycles. The first kappa shape index (κ1) is 15.3. The van der Waals surface area contributed by atoms with E-state index in [1.54, 1.807) is 0 Å². The molecule has 0 N–H and O–H groups in total. The molecule has 0 radical (unpaired) electrons. The molecule has 0 saturated carbocycles. The van der Waals surface area contributed by atoms with Crippen molar-refractivity contribution in [2.75, 3.05) is 0 Å². The van der Waals surface area contributed by atoms with Crippen molar-refractivity contribution < 1.29 is 0 Å². The Labute approximate surface area is 139 Å². The van der Waals surface area contributed by atoms with Crippen molar-refractivity contribution in [3.8, 4) is 11.1 Å². The second-order valence-electron chi connectivity index (χ2n) is 5.71. The average Bonchev–Trinajstić information content (AvgIpc) is 2.64. The second-order valence-corrected chi connectivity index (χ2v) is 5.71. The van der Waals surface area contributed by atoms with E-state index >= 15 is 0 Å². The number of allylic oxidation sites excluding steroid dienone is 7. The van der Waals surface area contributed by atoms with Gasteiger partial charge in [-0.05, 0) is 59.2 Å². The normalized spacial score (nSPS) is 14.5. The Kier molecular flexibility index (Phi) is 4.73.